The summed E-state index contributed by atoms with van der Waals surface area (Å²) in [5.41, 5.74) is 2.06. The third-order valence-electron chi connectivity index (χ3n) is 4.60. The first kappa shape index (κ1) is 19.1. The lowest BCUT2D eigenvalue weighted by Crippen LogP contribution is -2.50. The van der Waals surface area contributed by atoms with Crippen molar-refractivity contribution in [3.8, 4) is 17.2 Å². The van der Waals surface area contributed by atoms with Crippen LogP contribution in [0.2, 0.25) is 0 Å². The molecule has 2 aromatic carbocycles. The van der Waals surface area contributed by atoms with Crippen molar-refractivity contribution >= 4 is 28.7 Å². The van der Waals surface area contributed by atoms with Crippen LogP contribution in [0.5, 0.6) is 17.2 Å². The van der Waals surface area contributed by atoms with Crippen LogP contribution in [-0.4, -0.2) is 57.5 Å². The van der Waals surface area contributed by atoms with E-state index in [1.165, 1.54) is 5.69 Å². The Balaban J connectivity index is 1.64. The lowest BCUT2D eigenvalue weighted by atomic mass is 10.2. The topological polar surface area (TPSA) is 46.2 Å². The summed E-state index contributed by atoms with van der Waals surface area (Å²) in [5, 5.41) is 3.98. The largest absolute Gasteiger partial charge is 0.493 e. The Morgan fingerprint density at radius 2 is 1.48 bits per heavy atom. The van der Waals surface area contributed by atoms with Gasteiger partial charge in [0.25, 0.3) is 0 Å². The van der Waals surface area contributed by atoms with Crippen molar-refractivity contribution < 1.29 is 14.2 Å². The van der Waals surface area contributed by atoms with E-state index in [-0.39, 0.29) is 0 Å². The summed E-state index contributed by atoms with van der Waals surface area (Å²) in [7, 11) is 4.79. The Morgan fingerprint density at radius 3 is 2.00 bits per heavy atom. The quantitative estimate of drug-likeness (QED) is 0.791. The second-order valence-electron chi connectivity index (χ2n) is 6.15. The van der Waals surface area contributed by atoms with E-state index in [2.05, 4.69) is 39.4 Å². The minimum atomic E-state index is 0.563. The van der Waals surface area contributed by atoms with Gasteiger partial charge in [-0.2, -0.15) is 0 Å². The zero-order chi connectivity index (χ0) is 19.2. The fraction of sp³-hybridized carbons (Fsp3) is 0.350. The predicted molar refractivity (Wildman–Crippen MR) is 113 cm³/mol. The molecule has 1 saturated heterocycles. The smallest absolute Gasteiger partial charge is 0.203 e. The molecule has 27 heavy (non-hydrogen) atoms. The van der Waals surface area contributed by atoms with Crippen molar-refractivity contribution in [3.05, 3.63) is 42.5 Å². The lowest BCUT2D eigenvalue weighted by molar-refractivity contribution is 0.324. The van der Waals surface area contributed by atoms with Crippen LogP contribution < -0.4 is 24.4 Å². The molecule has 0 spiro atoms. The van der Waals surface area contributed by atoms with Crippen molar-refractivity contribution in [3.63, 3.8) is 0 Å². The molecule has 3 rings (SSSR count). The Kier molecular flexibility index (Phi) is 6.24. The van der Waals surface area contributed by atoms with E-state index < -0.39 is 0 Å². The number of piperazine rings is 1. The molecule has 0 bridgehead atoms. The number of nitrogens with zero attached hydrogens (tertiary/aromatic N) is 2. The number of anilines is 2. The first-order chi connectivity index (χ1) is 13.2. The number of para-hydroxylation sites is 1. The monoisotopic (exact) mass is 387 g/mol. The number of ether oxygens (including phenoxy) is 3. The number of hydrogen-bond donors (Lipinski definition) is 1. The Morgan fingerprint density at radius 1 is 0.889 bits per heavy atom. The van der Waals surface area contributed by atoms with Crippen LogP contribution in [-0.2, 0) is 0 Å². The first-order valence-corrected chi connectivity index (χ1v) is 9.23. The minimum Gasteiger partial charge on any atom is -0.493 e. The number of rotatable bonds is 5. The van der Waals surface area contributed by atoms with Gasteiger partial charge in [0.15, 0.2) is 16.6 Å². The van der Waals surface area contributed by atoms with E-state index in [4.69, 9.17) is 26.4 Å². The Bertz CT molecular complexity index is 752. The van der Waals surface area contributed by atoms with Gasteiger partial charge in [-0.1, -0.05) is 18.2 Å². The number of thiocarbonyl (C=S) groups is 1. The van der Waals surface area contributed by atoms with Crippen LogP contribution >= 0.6 is 12.2 Å². The Labute approximate surface area is 165 Å². The molecule has 0 aliphatic carbocycles. The maximum absolute atomic E-state index is 5.61. The lowest BCUT2D eigenvalue weighted by Gasteiger charge is -2.37. The molecule has 7 heteroatoms. The maximum Gasteiger partial charge on any atom is 0.203 e. The van der Waals surface area contributed by atoms with Gasteiger partial charge in [-0.3, -0.25) is 0 Å². The van der Waals surface area contributed by atoms with Gasteiger partial charge in [-0.25, -0.2) is 0 Å². The highest BCUT2D eigenvalue weighted by Crippen LogP contribution is 2.40. The summed E-state index contributed by atoms with van der Waals surface area (Å²) < 4.78 is 16.2. The van der Waals surface area contributed by atoms with E-state index in [0.29, 0.717) is 22.4 Å². The highest BCUT2D eigenvalue weighted by molar-refractivity contribution is 7.80. The fourth-order valence-electron chi connectivity index (χ4n) is 3.16. The second kappa shape index (κ2) is 8.81. The molecule has 1 aliphatic rings. The van der Waals surface area contributed by atoms with E-state index >= 15 is 0 Å². The molecule has 144 valence electrons. The van der Waals surface area contributed by atoms with Crippen LogP contribution in [0.3, 0.4) is 0 Å². The summed E-state index contributed by atoms with van der Waals surface area (Å²) >= 11 is 5.61. The molecular formula is C20H25N3O3S. The van der Waals surface area contributed by atoms with Crippen LogP contribution in [0, 0.1) is 0 Å². The minimum absolute atomic E-state index is 0.563. The molecule has 0 unspecified atom stereocenters. The average Bonchev–Trinajstić information content (AvgIpc) is 2.73. The van der Waals surface area contributed by atoms with Gasteiger partial charge in [0.2, 0.25) is 5.75 Å². The molecule has 6 nitrogen and oxygen atoms in total. The first-order valence-electron chi connectivity index (χ1n) is 8.82. The molecule has 0 saturated carbocycles. The second-order valence-corrected chi connectivity index (χ2v) is 6.54. The van der Waals surface area contributed by atoms with Gasteiger partial charge in [-0.05, 0) is 24.4 Å². The molecule has 1 aliphatic heterocycles. The SMILES string of the molecule is COc1cc(NC(=S)N2CCN(c3ccccc3)CC2)cc(OC)c1OC. The molecular weight excluding hydrogens is 362 g/mol. The summed E-state index contributed by atoms with van der Waals surface area (Å²) in [5.74, 6) is 1.75. The number of methoxy groups -OCH3 is 3. The zero-order valence-electron chi connectivity index (χ0n) is 15.9. The van der Waals surface area contributed by atoms with Crippen LogP contribution in [0.4, 0.5) is 11.4 Å². The molecule has 0 radical (unpaired) electrons. The molecule has 2 aromatic rings. The fourth-order valence-corrected chi connectivity index (χ4v) is 3.46. The zero-order valence-corrected chi connectivity index (χ0v) is 16.7. The Hall–Kier alpha value is -2.67. The standard InChI is InChI=1S/C20H25N3O3S/c1-24-17-13-15(14-18(25-2)19(17)26-3)21-20(27)23-11-9-22(10-12-23)16-7-5-4-6-8-16/h4-8,13-14H,9-12H2,1-3H3,(H,21,27). The van der Waals surface area contributed by atoms with Crippen LogP contribution in [0.25, 0.3) is 0 Å². The highest BCUT2D eigenvalue weighted by Gasteiger charge is 2.20. The van der Waals surface area contributed by atoms with Crippen LogP contribution in [0.15, 0.2) is 42.5 Å². The summed E-state index contributed by atoms with van der Waals surface area (Å²) in [6.45, 7) is 3.60. The molecule has 1 N–H and O–H groups in total. The molecule has 1 heterocycles. The van der Waals surface area contributed by atoms with E-state index in [0.717, 1.165) is 31.9 Å². The van der Waals surface area contributed by atoms with Crippen LogP contribution in [0.1, 0.15) is 0 Å². The summed E-state index contributed by atoms with van der Waals surface area (Å²) in [6, 6.07) is 14.2. The van der Waals surface area contributed by atoms with Gasteiger partial charge >= 0.3 is 0 Å². The van der Waals surface area contributed by atoms with Crippen molar-refractivity contribution in [1.29, 1.82) is 0 Å². The van der Waals surface area contributed by atoms with Crippen molar-refractivity contribution in [2.45, 2.75) is 0 Å². The van der Waals surface area contributed by atoms with Gasteiger partial charge in [0.05, 0.1) is 21.3 Å². The predicted octanol–water partition coefficient (Wildman–Crippen LogP) is 3.23. The number of hydrogen-bond acceptors (Lipinski definition) is 5. The highest BCUT2D eigenvalue weighted by atomic mass is 32.1. The number of benzene rings is 2. The van der Waals surface area contributed by atoms with Gasteiger partial charge in [0, 0.05) is 49.7 Å². The number of nitrogens with one attached hydrogen (secondary N) is 1. The van der Waals surface area contributed by atoms with Gasteiger partial charge < -0.3 is 29.3 Å². The normalized spacial score (nSPS) is 13.9. The molecule has 0 atom stereocenters. The van der Waals surface area contributed by atoms with Crippen molar-refractivity contribution in [1.82, 2.24) is 4.90 Å². The average molecular weight is 388 g/mol. The summed E-state index contributed by atoms with van der Waals surface area (Å²) in [6.07, 6.45) is 0. The van der Waals surface area contributed by atoms with Crippen molar-refractivity contribution in [2.75, 3.05) is 57.7 Å². The third kappa shape index (κ3) is 4.36. The molecule has 0 aromatic heterocycles. The maximum atomic E-state index is 5.61. The molecule has 1 fully saturated rings. The van der Waals surface area contributed by atoms with E-state index in [1.54, 1.807) is 21.3 Å². The van der Waals surface area contributed by atoms with Crippen molar-refractivity contribution in [2.24, 2.45) is 0 Å². The van der Waals surface area contributed by atoms with Gasteiger partial charge in [-0.15, -0.1) is 0 Å². The van der Waals surface area contributed by atoms with Gasteiger partial charge in [0.1, 0.15) is 0 Å². The third-order valence-corrected chi connectivity index (χ3v) is 4.96. The molecule has 0 amide bonds. The summed E-state index contributed by atoms with van der Waals surface area (Å²) in [4.78, 5) is 4.55. The van der Waals surface area contributed by atoms with E-state index in [1.807, 2.05) is 18.2 Å². The van der Waals surface area contributed by atoms with E-state index in [9.17, 15) is 0 Å².